The Kier molecular flexibility index (Phi) is 3.93. The maximum Gasteiger partial charge on any atom is 0.137 e. The van der Waals surface area contributed by atoms with Crippen molar-refractivity contribution in [1.82, 2.24) is 14.3 Å². The van der Waals surface area contributed by atoms with Crippen LogP contribution in [0.15, 0.2) is 30.6 Å². The molecule has 1 atom stereocenters. The Morgan fingerprint density at radius 1 is 1.56 bits per heavy atom. The molecule has 4 nitrogen and oxygen atoms in total. The van der Waals surface area contributed by atoms with Crippen molar-refractivity contribution in [2.24, 2.45) is 11.7 Å². The number of fused-ring (bicyclic) bond motifs is 1. The molecule has 0 radical (unpaired) electrons. The van der Waals surface area contributed by atoms with Gasteiger partial charge < -0.3 is 10.1 Å². The number of hydrogen-bond donors (Lipinski definition) is 1. The summed E-state index contributed by atoms with van der Waals surface area (Å²) in [5.74, 6) is 0.224. The summed E-state index contributed by atoms with van der Waals surface area (Å²) >= 11 is 4.99. The van der Waals surface area contributed by atoms with Crippen molar-refractivity contribution in [2.45, 2.75) is 13.5 Å². The van der Waals surface area contributed by atoms with Crippen LogP contribution in [0, 0.1) is 5.92 Å². The van der Waals surface area contributed by atoms with Crippen LogP contribution in [-0.4, -0.2) is 32.9 Å². The lowest BCUT2D eigenvalue weighted by Crippen LogP contribution is -2.31. The smallest absolute Gasteiger partial charge is 0.137 e. The lowest BCUT2D eigenvalue weighted by molar-refractivity contribution is 0.305. The lowest BCUT2D eigenvalue weighted by Gasteiger charge is -2.19. The number of imidazole rings is 1. The summed E-state index contributed by atoms with van der Waals surface area (Å²) < 4.78 is 2.03. The van der Waals surface area contributed by atoms with Crippen LogP contribution in [0.3, 0.4) is 0 Å². The van der Waals surface area contributed by atoms with Gasteiger partial charge >= 0.3 is 0 Å². The largest absolute Gasteiger partial charge is 0.393 e. The van der Waals surface area contributed by atoms with Crippen molar-refractivity contribution in [1.29, 1.82) is 0 Å². The summed E-state index contributed by atoms with van der Waals surface area (Å²) in [7, 11) is 2.05. The van der Waals surface area contributed by atoms with Crippen LogP contribution >= 0.6 is 12.2 Å². The monoisotopic (exact) mass is 262 g/mol. The van der Waals surface area contributed by atoms with E-state index >= 15 is 0 Å². The molecule has 0 spiro atoms. The molecule has 0 saturated carbocycles. The zero-order chi connectivity index (χ0) is 13.1. The molecule has 2 heterocycles. The normalized spacial score (nSPS) is 13.1. The van der Waals surface area contributed by atoms with Crippen LogP contribution in [0.4, 0.5) is 0 Å². The van der Waals surface area contributed by atoms with Crippen LogP contribution in [0.1, 0.15) is 12.6 Å². The highest BCUT2D eigenvalue weighted by Crippen LogP contribution is 2.08. The van der Waals surface area contributed by atoms with Crippen molar-refractivity contribution in [3.8, 4) is 0 Å². The molecule has 0 aromatic carbocycles. The maximum atomic E-state index is 5.62. The summed E-state index contributed by atoms with van der Waals surface area (Å²) in [4.78, 5) is 7.31. The molecule has 2 N–H and O–H groups in total. The fraction of sp³-hybridized carbons (Fsp3) is 0.385. The highest BCUT2D eigenvalue weighted by molar-refractivity contribution is 7.80. The van der Waals surface area contributed by atoms with Crippen molar-refractivity contribution < 1.29 is 0 Å². The number of nitrogens with two attached hydrogens (primary N) is 1. The molecular formula is C13H18N4S. The number of pyridine rings is 1. The van der Waals surface area contributed by atoms with Crippen LogP contribution in [0.2, 0.25) is 0 Å². The van der Waals surface area contributed by atoms with Crippen molar-refractivity contribution in [2.75, 3.05) is 13.6 Å². The highest BCUT2D eigenvalue weighted by atomic mass is 32.1. The number of hydrogen-bond acceptors (Lipinski definition) is 3. The SMILES string of the molecule is CC(CN(C)Cc1cn2ccccc2n1)C(N)=S. The second kappa shape index (κ2) is 5.46. The number of rotatable bonds is 5. The second-order valence-corrected chi connectivity index (χ2v) is 5.17. The van der Waals surface area contributed by atoms with Crippen LogP contribution < -0.4 is 5.73 Å². The molecule has 0 bridgehead atoms. The molecular weight excluding hydrogens is 244 g/mol. The third kappa shape index (κ3) is 3.05. The molecule has 2 aromatic rings. The van der Waals surface area contributed by atoms with E-state index in [-0.39, 0.29) is 5.92 Å². The Morgan fingerprint density at radius 3 is 3.00 bits per heavy atom. The number of nitrogens with zero attached hydrogens (tertiary/aromatic N) is 3. The Balaban J connectivity index is 2.02. The van der Waals surface area contributed by atoms with Gasteiger partial charge in [0.2, 0.25) is 0 Å². The highest BCUT2D eigenvalue weighted by Gasteiger charge is 2.10. The van der Waals surface area contributed by atoms with Crippen molar-refractivity contribution in [3.05, 3.63) is 36.3 Å². The molecule has 96 valence electrons. The van der Waals surface area contributed by atoms with Gasteiger partial charge in [-0.25, -0.2) is 4.98 Å². The van der Waals surface area contributed by atoms with Crippen molar-refractivity contribution >= 4 is 22.9 Å². The van der Waals surface area contributed by atoms with Gasteiger partial charge in [-0.05, 0) is 19.2 Å². The summed E-state index contributed by atoms with van der Waals surface area (Å²) in [6.07, 6.45) is 4.06. The molecule has 2 aromatic heterocycles. The van der Waals surface area contributed by atoms with E-state index in [0.29, 0.717) is 4.99 Å². The van der Waals surface area contributed by atoms with E-state index in [1.165, 1.54) is 0 Å². The first-order valence-electron chi connectivity index (χ1n) is 5.96. The van der Waals surface area contributed by atoms with Gasteiger partial charge in [-0.1, -0.05) is 25.2 Å². The molecule has 18 heavy (non-hydrogen) atoms. The third-order valence-corrected chi connectivity index (χ3v) is 3.32. The van der Waals surface area contributed by atoms with E-state index in [1.54, 1.807) is 0 Å². The summed E-state index contributed by atoms with van der Waals surface area (Å²) in [6, 6.07) is 5.99. The fourth-order valence-electron chi connectivity index (χ4n) is 1.96. The van der Waals surface area contributed by atoms with Gasteiger partial charge in [0, 0.05) is 31.4 Å². The van der Waals surface area contributed by atoms with E-state index in [4.69, 9.17) is 18.0 Å². The summed E-state index contributed by atoms with van der Waals surface area (Å²) in [5, 5.41) is 0. The molecule has 1 unspecified atom stereocenters. The van der Waals surface area contributed by atoms with E-state index in [9.17, 15) is 0 Å². The molecule has 0 aliphatic rings. The van der Waals surface area contributed by atoms with Crippen molar-refractivity contribution in [3.63, 3.8) is 0 Å². The van der Waals surface area contributed by atoms with Gasteiger partial charge in [-0.2, -0.15) is 0 Å². The first-order valence-corrected chi connectivity index (χ1v) is 6.37. The number of aromatic nitrogens is 2. The maximum absolute atomic E-state index is 5.62. The topological polar surface area (TPSA) is 46.6 Å². The quantitative estimate of drug-likeness (QED) is 0.833. The predicted octanol–water partition coefficient (Wildman–Crippen LogP) is 1.69. The summed E-state index contributed by atoms with van der Waals surface area (Å²) in [6.45, 7) is 3.69. The Bertz CT molecular complexity index is 516. The molecule has 2 rings (SSSR count). The van der Waals surface area contributed by atoms with E-state index in [0.717, 1.165) is 24.4 Å². The van der Waals surface area contributed by atoms with Gasteiger partial charge in [0.05, 0.1) is 10.7 Å². The predicted molar refractivity (Wildman–Crippen MR) is 77.5 cm³/mol. The van der Waals surface area contributed by atoms with Gasteiger partial charge in [0.25, 0.3) is 0 Å². The number of thiocarbonyl (C=S) groups is 1. The minimum absolute atomic E-state index is 0.224. The second-order valence-electron chi connectivity index (χ2n) is 4.70. The average molecular weight is 262 g/mol. The molecule has 0 fully saturated rings. The molecule has 0 aliphatic heterocycles. The van der Waals surface area contributed by atoms with Gasteiger partial charge in [-0.15, -0.1) is 0 Å². The van der Waals surface area contributed by atoms with Gasteiger partial charge in [-0.3, -0.25) is 4.90 Å². The van der Waals surface area contributed by atoms with Gasteiger partial charge in [0.15, 0.2) is 0 Å². The minimum Gasteiger partial charge on any atom is -0.393 e. The Morgan fingerprint density at radius 2 is 2.33 bits per heavy atom. The van der Waals surface area contributed by atoms with Crippen LogP contribution in [0.25, 0.3) is 5.65 Å². The van der Waals surface area contributed by atoms with Crippen LogP contribution in [-0.2, 0) is 6.54 Å². The first-order chi connectivity index (χ1) is 8.56. The van der Waals surface area contributed by atoms with Gasteiger partial charge in [0.1, 0.15) is 5.65 Å². The standard InChI is InChI=1S/C13H18N4S/c1-10(13(14)18)7-16(2)8-11-9-17-6-4-3-5-12(17)15-11/h3-6,9-10H,7-8H2,1-2H3,(H2,14,18). The lowest BCUT2D eigenvalue weighted by atomic mass is 10.2. The van der Waals surface area contributed by atoms with Crippen LogP contribution in [0.5, 0.6) is 0 Å². The third-order valence-electron chi connectivity index (χ3n) is 2.92. The molecule has 5 heteroatoms. The average Bonchev–Trinajstić information content (AvgIpc) is 2.70. The fourth-order valence-corrected chi connectivity index (χ4v) is 2.04. The van der Waals surface area contributed by atoms with E-state index < -0.39 is 0 Å². The van der Waals surface area contributed by atoms with E-state index in [2.05, 4.69) is 23.1 Å². The zero-order valence-corrected chi connectivity index (χ0v) is 11.5. The minimum atomic E-state index is 0.224. The molecule has 0 aliphatic carbocycles. The molecule has 0 amide bonds. The molecule has 0 saturated heterocycles. The Labute approximate surface area is 112 Å². The summed E-state index contributed by atoms with van der Waals surface area (Å²) in [5.41, 5.74) is 7.65. The zero-order valence-electron chi connectivity index (χ0n) is 10.7. The Hall–Kier alpha value is -1.46. The van der Waals surface area contributed by atoms with E-state index in [1.807, 2.05) is 35.7 Å². The first kappa shape index (κ1) is 13.0.